The summed E-state index contributed by atoms with van der Waals surface area (Å²) in [6.07, 6.45) is 0. The zero-order chi connectivity index (χ0) is 35.3. The summed E-state index contributed by atoms with van der Waals surface area (Å²) in [5, 5.41) is 14.2. The Balaban J connectivity index is 1.02. The first-order valence-corrected chi connectivity index (χ1v) is 18.5. The smallest absolute Gasteiger partial charge is 0.136 e. The van der Waals surface area contributed by atoms with Gasteiger partial charge in [-0.1, -0.05) is 140 Å². The Morgan fingerprint density at radius 1 is 0.241 bits per heavy atom. The van der Waals surface area contributed by atoms with Crippen molar-refractivity contribution in [2.24, 2.45) is 0 Å². The molecule has 2 nitrogen and oxygen atoms in total. The van der Waals surface area contributed by atoms with Crippen molar-refractivity contribution in [3.8, 4) is 33.4 Å². The van der Waals surface area contributed by atoms with Gasteiger partial charge in [-0.25, -0.2) is 0 Å². The lowest BCUT2D eigenvalue weighted by Gasteiger charge is -2.19. The van der Waals surface area contributed by atoms with Crippen molar-refractivity contribution in [1.29, 1.82) is 0 Å². The lowest BCUT2D eigenvalue weighted by molar-refractivity contribution is 0.664. The topological polar surface area (TPSA) is 26.3 Å². The van der Waals surface area contributed by atoms with Gasteiger partial charge in [-0.05, 0) is 119 Å². The summed E-state index contributed by atoms with van der Waals surface area (Å²) in [7, 11) is 0. The molecule has 0 aliphatic heterocycles. The van der Waals surface area contributed by atoms with E-state index in [1.165, 1.54) is 65.3 Å². The number of fused-ring (bicyclic) bond motifs is 10. The Bertz CT molecular complexity index is 3440. The van der Waals surface area contributed by atoms with Crippen molar-refractivity contribution in [3.63, 3.8) is 0 Å². The minimum Gasteiger partial charge on any atom is -0.456 e. The Kier molecular flexibility index (Phi) is 6.09. The summed E-state index contributed by atoms with van der Waals surface area (Å²) >= 11 is 0. The number of hydrogen-bond acceptors (Lipinski definition) is 2. The van der Waals surface area contributed by atoms with Gasteiger partial charge in [0.15, 0.2) is 0 Å². The molecule has 12 aromatic rings. The van der Waals surface area contributed by atoms with Crippen molar-refractivity contribution < 1.29 is 8.83 Å². The van der Waals surface area contributed by atoms with Gasteiger partial charge in [0.1, 0.15) is 22.3 Å². The maximum absolute atomic E-state index is 6.60. The van der Waals surface area contributed by atoms with E-state index in [1.807, 2.05) is 0 Å². The van der Waals surface area contributed by atoms with Crippen LogP contribution in [0.25, 0.3) is 120 Å². The SMILES string of the molecule is c1cc(-c2ccc3c(c2)oc2cc4c(cc23)oc2cc3ccccc3cc24)cc(-c2c3ccccc3c(-c3cccc4ccccc34)c3ccccc23)c1. The van der Waals surface area contributed by atoms with E-state index < -0.39 is 0 Å². The summed E-state index contributed by atoms with van der Waals surface area (Å²) in [6.45, 7) is 0. The zero-order valence-electron chi connectivity index (χ0n) is 29.1. The molecule has 0 saturated heterocycles. The van der Waals surface area contributed by atoms with Crippen LogP contribution in [0, 0.1) is 0 Å². The number of furan rings is 2. The van der Waals surface area contributed by atoms with Gasteiger partial charge in [0.05, 0.1) is 0 Å². The summed E-state index contributed by atoms with van der Waals surface area (Å²) in [4.78, 5) is 0. The molecule has 0 N–H and O–H groups in total. The van der Waals surface area contributed by atoms with E-state index in [0.29, 0.717) is 0 Å². The quantitative estimate of drug-likeness (QED) is 0.173. The van der Waals surface area contributed by atoms with E-state index in [-0.39, 0.29) is 0 Å². The summed E-state index contributed by atoms with van der Waals surface area (Å²) in [5.41, 5.74) is 10.7. The zero-order valence-corrected chi connectivity index (χ0v) is 29.1. The third kappa shape index (κ3) is 4.28. The maximum atomic E-state index is 6.60. The van der Waals surface area contributed by atoms with Gasteiger partial charge >= 0.3 is 0 Å². The Labute approximate surface area is 310 Å². The van der Waals surface area contributed by atoms with Crippen LogP contribution in [-0.4, -0.2) is 0 Å². The highest BCUT2D eigenvalue weighted by Crippen LogP contribution is 2.46. The van der Waals surface area contributed by atoms with Crippen LogP contribution in [0.4, 0.5) is 0 Å². The maximum Gasteiger partial charge on any atom is 0.136 e. The number of benzene rings is 10. The van der Waals surface area contributed by atoms with Crippen LogP contribution in [-0.2, 0) is 0 Å². The first-order valence-electron chi connectivity index (χ1n) is 18.5. The third-order valence-corrected chi connectivity index (χ3v) is 11.4. The molecule has 12 rings (SSSR count). The molecule has 0 amide bonds. The second-order valence-electron chi connectivity index (χ2n) is 14.4. The number of hydrogen-bond donors (Lipinski definition) is 0. The van der Waals surface area contributed by atoms with Crippen molar-refractivity contribution in [2.75, 3.05) is 0 Å². The monoisotopic (exact) mass is 686 g/mol. The third-order valence-electron chi connectivity index (χ3n) is 11.4. The molecule has 54 heavy (non-hydrogen) atoms. The summed E-state index contributed by atoms with van der Waals surface area (Å²) in [5.74, 6) is 0. The largest absolute Gasteiger partial charge is 0.456 e. The highest BCUT2D eigenvalue weighted by Gasteiger charge is 2.19. The highest BCUT2D eigenvalue weighted by molar-refractivity contribution is 6.24. The highest BCUT2D eigenvalue weighted by atomic mass is 16.3. The van der Waals surface area contributed by atoms with Gasteiger partial charge in [-0.3, -0.25) is 0 Å². The lowest BCUT2D eigenvalue weighted by atomic mass is 9.84. The molecular formula is C52H30O2. The predicted molar refractivity (Wildman–Crippen MR) is 227 cm³/mol. The van der Waals surface area contributed by atoms with E-state index in [4.69, 9.17) is 8.83 Å². The summed E-state index contributed by atoms with van der Waals surface area (Å²) in [6, 6.07) is 65.7. The minimum atomic E-state index is 0.864. The van der Waals surface area contributed by atoms with E-state index in [9.17, 15) is 0 Å². The average molecular weight is 687 g/mol. The van der Waals surface area contributed by atoms with Crippen LogP contribution in [0.5, 0.6) is 0 Å². The van der Waals surface area contributed by atoms with Gasteiger partial charge in [0.25, 0.3) is 0 Å². The van der Waals surface area contributed by atoms with E-state index in [1.54, 1.807) is 0 Å². The van der Waals surface area contributed by atoms with Crippen molar-refractivity contribution in [2.45, 2.75) is 0 Å². The molecule has 2 aromatic heterocycles. The molecule has 0 saturated carbocycles. The van der Waals surface area contributed by atoms with E-state index in [2.05, 4.69) is 182 Å². The van der Waals surface area contributed by atoms with Crippen LogP contribution in [0.3, 0.4) is 0 Å². The first kappa shape index (κ1) is 29.4. The van der Waals surface area contributed by atoms with Gasteiger partial charge in [-0.2, -0.15) is 0 Å². The Hall–Kier alpha value is -7.16. The van der Waals surface area contributed by atoms with Gasteiger partial charge in [0, 0.05) is 21.5 Å². The fourth-order valence-electron chi connectivity index (χ4n) is 8.94. The molecule has 0 aliphatic rings. The molecule has 0 aliphatic carbocycles. The van der Waals surface area contributed by atoms with Gasteiger partial charge < -0.3 is 8.83 Å². The van der Waals surface area contributed by atoms with Crippen LogP contribution >= 0.6 is 0 Å². The van der Waals surface area contributed by atoms with Crippen LogP contribution < -0.4 is 0 Å². The van der Waals surface area contributed by atoms with Crippen LogP contribution in [0.2, 0.25) is 0 Å². The lowest BCUT2D eigenvalue weighted by Crippen LogP contribution is -1.92. The summed E-state index contributed by atoms with van der Waals surface area (Å²) < 4.78 is 13.0. The van der Waals surface area contributed by atoms with Crippen LogP contribution in [0.1, 0.15) is 0 Å². The Morgan fingerprint density at radius 2 is 0.722 bits per heavy atom. The molecule has 2 heteroatoms. The molecule has 250 valence electrons. The molecule has 0 spiro atoms. The second-order valence-corrected chi connectivity index (χ2v) is 14.4. The van der Waals surface area contributed by atoms with Crippen molar-refractivity contribution in [3.05, 3.63) is 182 Å². The van der Waals surface area contributed by atoms with Crippen molar-refractivity contribution in [1.82, 2.24) is 0 Å². The standard InChI is InChI=1S/C52H30O2/c1-2-13-34-27-48-44(26-33(34)12-1)46-30-49-45(29-50(46)54-48)38-24-23-35(28-47(38)53-49)32-15-9-16-36(25-32)51-40-18-5-7-20-42(40)52(43-21-8-6-19-41(43)51)39-22-10-14-31-11-3-4-17-37(31)39/h1-30H. The molecule has 0 fully saturated rings. The molecule has 10 aromatic carbocycles. The second kappa shape index (κ2) is 11.2. The van der Waals surface area contributed by atoms with E-state index >= 15 is 0 Å². The van der Waals surface area contributed by atoms with Crippen LogP contribution in [0.15, 0.2) is 191 Å². The molecule has 2 heterocycles. The molecular weight excluding hydrogens is 657 g/mol. The molecule has 0 bridgehead atoms. The average Bonchev–Trinajstić information content (AvgIpc) is 3.76. The fourth-order valence-corrected chi connectivity index (χ4v) is 8.94. The van der Waals surface area contributed by atoms with Crippen molar-refractivity contribution >= 4 is 87.0 Å². The molecule has 0 radical (unpaired) electrons. The fraction of sp³-hybridized carbons (Fsp3) is 0. The predicted octanol–water partition coefficient (Wildman–Crippen LogP) is 15.1. The van der Waals surface area contributed by atoms with Gasteiger partial charge in [0.2, 0.25) is 0 Å². The molecule has 0 unspecified atom stereocenters. The van der Waals surface area contributed by atoms with Gasteiger partial charge in [-0.15, -0.1) is 0 Å². The number of rotatable bonds is 3. The minimum absolute atomic E-state index is 0.864. The Morgan fingerprint density at radius 3 is 1.44 bits per heavy atom. The van der Waals surface area contributed by atoms with E-state index in [0.717, 1.165) is 55.0 Å². The normalized spacial score (nSPS) is 12.1. The molecule has 0 atom stereocenters. The first-order chi connectivity index (χ1) is 26.7.